The van der Waals surface area contributed by atoms with Gasteiger partial charge in [0.15, 0.2) is 18.1 Å². The summed E-state index contributed by atoms with van der Waals surface area (Å²) in [7, 11) is 0. The molecule has 3 heterocycles. The molecule has 0 spiro atoms. The molecule has 4 rings (SSSR count). The van der Waals surface area contributed by atoms with Gasteiger partial charge in [0.1, 0.15) is 24.9 Å². The van der Waals surface area contributed by atoms with E-state index in [9.17, 15) is 20.1 Å². The Morgan fingerprint density at radius 2 is 1.93 bits per heavy atom. The van der Waals surface area contributed by atoms with E-state index in [0.717, 1.165) is 5.56 Å². The van der Waals surface area contributed by atoms with Crippen molar-refractivity contribution in [3.05, 3.63) is 35.9 Å². The second kappa shape index (κ2) is 7.28. The zero-order valence-corrected chi connectivity index (χ0v) is 14.6. The van der Waals surface area contributed by atoms with E-state index in [1.165, 1.54) is 4.90 Å². The van der Waals surface area contributed by atoms with Gasteiger partial charge in [-0.3, -0.25) is 9.69 Å². The van der Waals surface area contributed by atoms with Crippen molar-refractivity contribution in [2.24, 2.45) is 20.7 Å². The molecule has 0 saturated carbocycles. The van der Waals surface area contributed by atoms with Gasteiger partial charge in [0, 0.05) is 0 Å². The summed E-state index contributed by atoms with van der Waals surface area (Å²) in [6.45, 7) is -0.367. The van der Waals surface area contributed by atoms with Gasteiger partial charge in [0.2, 0.25) is 5.96 Å². The van der Waals surface area contributed by atoms with Crippen LogP contribution in [0.4, 0.5) is 0 Å². The standard InChI is InChI=1S/C17H19N5O6/c18-16-20-13-10(14(26)21-16)19-17(27-7-8-4-2-1-3-5-8)22(13)15-12(25)11(24)9(6-23)28-15/h1-5,9-12,15,23-25H,6-7H2,(H2,18,21,26). The zero-order valence-electron chi connectivity index (χ0n) is 14.6. The number of amides is 1. The summed E-state index contributed by atoms with van der Waals surface area (Å²) in [6.07, 6.45) is -4.93. The number of ether oxygens (including phenoxy) is 2. The van der Waals surface area contributed by atoms with E-state index in [-0.39, 0.29) is 24.4 Å². The molecule has 148 valence electrons. The van der Waals surface area contributed by atoms with E-state index in [0.29, 0.717) is 0 Å². The van der Waals surface area contributed by atoms with E-state index in [4.69, 9.17) is 15.2 Å². The predicted octanol–water partition coefficient (Wildman–Crippen LogP) is -2.06. The minimum atomic E-state index is -1.40. The Morgan fingerprint density at radius 3 is 2.61 bits per heavy atom. The quantitative estimate of drug-likeness (QED) is 0.457. The van der Waals surface area contributed by atoms with Crippen LogP contribution < -0.4 is 5.73 Å². The Balaban J connectivity index is 1.64. The van der Waals surface area contributed by atoms with Crippen molar-refractivity contribution in [2.45, 2.75) is 37.2 Å². The Hall–Kier alpha value is -2.86. The summed E-state index contributed by atoms with van der Waals surface area (Å²) in [4.78, 5) is 25.3. The first-order valence-electron chi connectivity index (χ1n) is 8.62. The summed E-state index contributed by atoms with van der Waals surface area (Å²) in [6, 6.07) is 8.15. The SMILES string of the molecule is NC1=NC(=O)C2N=C(OCc3ccccc3)N(C3OC(CO)C(O)C3O)C2=N1. The molecule has 5 atom stereocenters. The molecule has 11 nitrogen and oxygen atoms in total. The molecule has 1 saturated heterocycles. The molecule has 5 unspecified atom stereocenters. The number of benzene rings is 1. The maximum Gasteiger partial charge on any atom is 0.296 e. The van der Waals surface area contributed by atoms with Gasteiger partial charge < -0.3 is 30.5 Å². The van der Waals surface area contributed by atoms with Crippen LogP contribution in [0.5, 0.6) is 0 Å². The highest BCUT2D eigenvalue weighted by Gasteiger charge is 2.52. The van der Waals surface area contributed by atoms with Gasteiger partial charge in [-0.05, 0) is 5.56 Å². The van der Waals surface area contributed by atoms with Crippen molar-refractivity contribution >= 4 is 23.7 Å². The van der Waals surface area contributed by atoms with Crippen molar-refractivity contribution in [1.82, 2.24) is 4.90 Å². The molecule has 11 heteroatoms. The number of amidine groups is 2. The highest BCUT2D eigenvalue weighted by atomic mass is 16.6. The van der Waals surface area contributed by atoms with E-state index in [1.807, 2.05) is 30.3 Å². The molecule has 3 aliphatic heterocycles. The van der Waals surface area contributed by atoms with Gasteiger partial charge in [0.25, 0.3) is 11.9 Å². The second-order valence-electron chi connectivity index (χ2n) is 6.47. The normalized spacial score (nSPS) is 32.0. The first-order valence-corrected chi connectivity index (χ1v) is 8.62. The molecule has 0 aliphatic carbocycles. The van der Waals surface area contributed by atoms with Crippen LogP contribution >= 0.6 is 0 Å². The molecule has 28 heavy (non-hydrogen) atoms. The number of hydrogen-bond donors (Lipinski definition) is 4. The number of guanidine groups is 1. The number of nitrogens with zero attached hydrogens (tertiary/aromatic N) is 4. The molecular formula is C17H19N5O6. The second-order valence-corrected chi connectivity index (χ2v) is 6.47. The summed E-state index contributed by atoms with van der Waals surface area (Å²) < 4.78 is 11.3. The van der Waals surface area contributed by atoms with Gasteiger partial charge in [-0.25, -0.2) is 4.99 Å². The number of aliphatic imine (C=N–C) groups is 3. The lowest BCUT2D eigenvalue weighted by atomic mass is 10.1. The Morgan fingerprint density at radius 1 is 1.18 bits per heavy atom. The highest BCUT2D eigenvalue weighted by Crippen LogP contribution is 2.30. The Bertz CT molecular complexity index is 857. The number of aliphatic hydroxyl groups is 3. The smallest absolute Gasteiger partial charge is 0.296 e. The van der Waals surface area contributed by atoms with Crippen LogP contribution in [0.15, 0.2) is 45.3 Å². The molecule has 1 aromatic rings. The maximum atomic E-state index is 12.2. The van der Waals surface area contributed by atoms with E-state index >= 15 is 0 Å². The monoisotopic (exact) mass is 389 g/mol. The maximum absolute atomic E-state index is 12.2. The summed E-state index contributed by atoms with van der Waals surface area (Å²) in [5.41, 5.74) is 6.45. The summed E-state index contributed by atoms with van der Waals surface area (Å²) >= 11 is 0. The zero-order chi connectivity index (χ0) is 19.8. The fraction of sp³-hybridized carbons (Fsp3) is 0.412. The Kier molecular flexibility index (Phi) is 4.81. The Labute approximate surface area is 159 Å². The van der Waals surface area contributed by atoms with Gasteiger partial charge in [-0.1, -0.05) is 30.3 Å². The third kappa shape index (κ3) is 3.14. The minimum absolute atomic E-state index is 0.0271. The largest absolute Gasteiger partial charge is 0.460 e. The average molecular weight is 389 g/mol. The van der Waals surface area contributed by atoms with Crippen LogP contribution in [0.1, 0.15) is 5.56 Å². The van der Waals surface area contributed by atoms with Crippen molar-refractivity contribution in [2.75, 3.05) is 6.61 Å². The van der Waals surface area contributed by atoms with Gasteiger partial charge >= 0.3 is 0 Å². The minimum Gasteiger partial charge on any atom is -0.460 e. The predicted molar refractivity (Wildman–Crippen MR) is 96.1 cm³/mol. The van der Waals surface area contributed by atoms with Crippen LogP contribution in [0.3, 0.4) is 0 Å². The molecule has 0 bridgehead atoms. The topological polar surface area (TPSA) is 163 Å². The van der Waals surface area contributed by atoms with Crippen LogP contribution in [0, 0.1) is 0 Å². The number of hydrogen-bond acceptors (Lipinski definition) is 10. The molecule has 0 radical (unpaired) electrons. The van der Waals surface area contributed by atoms with Crippen LogP contribution in [-0.4, -0.2) is 81.1 Å². The molecule has 1 amide bonds. The molecule has 1 fully saturated rings. The van der Waals surface area contributed by atoms with Gasteiger partial charge in [-0.15, -0.1) is 0 Å². The molecule has 3 aliphatic rings. The number of nitrogens with two attached hydrogens (primary N) is 1. The lowest BCUT2D eigenvalue weighted by Crippen LogP contribution is -2.52. The van der Waals surface area contributed by atoms with E-state index < -0.39 is 43.1 Å². The van der Waals surface area contributed by atoms with Crippen molar-refractivity contribution in [3.63, 3.8) is 0 Å². The lowest BCUT2D eigenvalue weighted by Gasteiger charge is -2.29. The third-order valence-corrected chi connectivity index (χ3v) is 4.61. The van der Waals surface area contributed by atoms with Crippen molar-refractivity contribution in [3.8, 4) is 0 Å². The van der Waals surface area contributed by atoms with Crippen LogP contribution in [0.25, 0.3) is 0 Å². The van der Waals surface area contributed by atoms with Crippen molar-refractivity contribution in [1.29, 1.82) is 0 Å². The fourth-order valence-corrected chi connectivity index (χ4v) is 3.22. The fourth-order valence-electron chi connectivity index (χ4n) is 3.22. The first-order chi connectivity index (χ1) is 13.5. The van der Waals surface area contributed by atoms with Crippen molar-refractivity contribution < 1.29 is 29.6 Å². The van der Waals surface area contributed by atoms with Crippen LogP contribution in [0.2, 0.25) is 0 Å². The van der Waals surface area contributed by atoms with Crippen LogP contribution in [-0.2, 0) is 20.9 Å². The number of carbonyl (C=O) groups excluding carboxylic acids is 1. The lowest BCUT2D eigenvalue weighted by molar-refractivity contribution is -0.117. The van der Waals surface area contributed by atoms with E-state index in [1.54, 1.807) is 0 Å². The number of rotatable bonds is 4. The van der Waals surface area contributed by atoms with Gasteiger partial charge in [-0.2, -0.15) is 9.98 Å². The molecule has 1 aromatic carbocycles. The van der Waals surface area contributed by atoms with Gasteiger partial charge in [0.05, 0.1) is 6.61 Å². The first kappa shape index (κ1) is 18.5. The summed E-state index contributed by atoms with van der Waals surface area (Å²) in [5, 5.41) is 29.8. The number of fused-ring (bicyclic) bond motifs is 1. The number of aliphatic hydroxyl groups excluding tert-OH is 3. The average Bonchev–Trinajstić information content (AvgIpc) is 3.18. The third-order valence-electron chi connectivity index (χ3n) is 4.61. The molecule has 0 aromatic heterocycles. The molecular weight excluding hydrogens is 370 g/mol. The summed E-state index contributed by atoms with van der Waals surface area (Å²) in [5.74, 6) is -0.805. The highest BCUT2D eigenvalue weighted by molar-refractivity contribution is 6.23. The molecule has 5 N–H and O–H groups in total. The number of carbonyl (C=O) groups is 1. The van der Waals surface area contributed by atoms with E-state index in [2.05, 4.69) is 15.0 Å².